The molecule has 0 spiro atoms. The van der Waals surface area contributed by atoms with Gasteiger partial charge in [-0.2, -0.15) is 0 Å². The van der Waals surface area contributed by atoms with E-state index in [9.17, 15) is 0 Å². The molecule has 98 valence electrons. The molecule has 0 atom stereocenters. The van der Waals surface area contributed by atoms with Crippen LogP contribution in [0.15, 0.2) is 36.7 Å². The Hall–Kier alpha value is -1.74. The van der Waals surface area contributed by atoms with Gasteiger partial charge in [0.15, 0.2) is 0 Å². The summed E-state index contributed by atoms with van der Waals surface area (Å²) < 4.78 is 0. The van der Waals surface area contributed by atoms with Crippen LogP contribution in [-0.2, 0) is 19.4 Å². The second-order valence-corrected chi connectivity index (χ2v) is 5.10. The quantitative estimate of drug-likeness (QED) is 0.909. The van der Waals surface area contributed by atoms with Crippen LogP contribution in [0.25, 0.3) is 0 Å². The molecule has 1 aliphatic carbocycles. The molecule has 1 aromatic heterocycles. The smallest absolute Gasteiger partial charge is 0.131 e. The van der Waals surface area contributed by atoms with Crippen LogP contribution < -0.4 is 5.32 Å². The van der Waals surface area contributed by atoms with Gasteiger partial charge in [0.2, 0.25) is 0 Å². The molecule has 1 aliphatic rings. The van der Waals surface area contributed by atoms with Gasteiger partial charge in [0.05, 0.1) is 0 Å². The van der Waals surface area contributed by atoms with Crippen LogP contribution >= 0.6 is 0 Å². The van der Waals surface area contributed by atoms with Gasteiger partial charge in [0, 0.05) is 30.4 Å². The molecule has 3 nitrogen and oxygen atoms in total. The molecule has 0 fully saturated rings. The normalized spacial score (nSPS) is 14.6. The fraction of sp³-hybridized carbons (Fsp3) is 0.375. The molecule has 3 heteroatoms. The monoisotopic (exact) mass is 253 g/mol. The third-order valence-electron chi connectivity index (χ3n) is 3.72. The number of nitrogens with zero attached hydrogens (tertiary/aromatic N) is 2. The van der Waals surface area contributed by atoms with Crippen molar-refractivity contribution in [2.45, 2.75) is 32.2 Å². The van der Waals surface area contributed by atoms with Crippen LogP contribution in [-0.4, -0.2) is 16.5 Å². The van der Waals surface area contributed by atoms with E-state index in [1.165, 1.54) is 11.1 Å². The molecule has 0 amide bonds. The van der Waals surface area contributed by atoms with E-state index in [4.69, 9.17) is 0 Å². The van der Waals surface area contributed by atoms with Crippen molar-refractivity contribution >= 4 is 0 Å². The zero-order chi connectivity index (χ0) is 13.1. The van der Waals surface area contributed by atoms with Crippen molar-refractivity contribution in [2.75, 3.05) is 6.54 Å². The maximum Gasteiger partial charge on any atom is 0.131 e. The Labute approximate surface area is 114 Å². The third kappa shape index (κ3) is 2.66. The van der Waals surface area contributed by atoms with Gasteiger partial charge in [-0.05, 0) is 30.5 Å². The highest BCUT2D eigenvalue weighted by Crippen LogP contribution is 2.31. The fourth-order valence-corrected chi connectivity index (χ4v) is 2.68. The summed E-state index contributed by atoms with van der Waals surface area (Å²) >= 11 is 0. The van der Waals surface area contributed by atoms with E-state index in [0.29, 0.717) is 5.92 Å². The highest BCUT2D eigenvalue weighted by Gasteiger charge is 2.24. The van der Waals surface area contributed by atoms with E-state index >= 15 is 0 Å². The number of nitrogens with one attached hydrogen (secondary N) is 1. The predicted molar refractivity (Wildman–Crippen MR) is 76.0 cm³/mol. The van der Waals surface area contributed by atoms with Gasteiger partial charge in [-0.25, -0.2) is 9.97 Å². The van der Waals surface area contributed by atoms with E-state index in [1.807, 2.05) is 12.4 Å². The van der Waals surface area contributed by atoms with Gasteiger partial charge in [-0.15, -0.1) is 0 Å². The molecule has 2 aromatic rings. The molecule has 0 saturated heterocycles. The zero-order valence-electron chi connectivity index (χ0n) is 11.3. The SMILES string of the molecule is CCNCc1cnc(C2Cc3ccccc3C2)nc1. The second-order valence-electron chi connectivity index (χ2n) is 5.10. The Kier molecular flexibility index (Phi) is 3.56. The van der Waals surface area contributed by atoms with Gasteiger partial charge >= 0.3 is 0 Å². The third-order valence-corrected chi connectivity index (χ3v) is 3.72. The lowest BCUT2D eigenvalue weighted by atomic mass is 10.1. The number of hydrogen-bond acceptors (Lipinski definition) is 3. The summed E-state index contributed by atoms with van der Waals surface area (Å²) in [4.78, 5) is 9.09. The molecule has 3 rings (SSSR count). The summed E-state index contributed by atoms with van der Waals surface area (Å²) in [6, 6.07) is 8.66. The highest BCUT2D eigenvalue weighted by atomic mass is 14.9. The lowest BCUT2D eigenvalue weighted by Crippen LogP contribution is -2.13. The van der Waals surface area contributed by atoms with Crippen molar-refractivity contribution in [3.63, 3.8) is 0 Å². The number of hydrogen-bond donors (Lipinski definition) is 1. The molecule has 0 saturated carbocycles. The topological polar surface area (TPSA) is 37.8 Å². The van der Waals surface area contributed by atoms with E-state index in [1.54, 1.807) is 0 Å². The summed E-state index contributed by atoms with van der Waals surface area (Å²) in [5.74, 6) is 1.43. The Morgan fingerprint density at radius 3 is 2.32 bits per heavy atom. The van der Waals surface area contributed by atoms with Crippen LogP contribution in [0.3, 0.4) is 0 Å². The lowest BCUT2D eigenvalue weighted by molar-refractivity contribution is 0.670. The summed E-state index contributed by atoms with van der Waals surface area (Å²) in [6.07, 6.45) is 6.05. The summed E-state index contributed by atoms with van der Waals surface area (Å²) in [6.45, 7) is 3.92. The largest absolute Gasteiger partial charge is 0.313 e. The van der Waals surface area contributed by atoms with E-state index < -0.39 is 0 Å². The summed E-state index contributed by atoms with van der Waals surface area (Å²) in [5, 5.41) is 3.29. The Bertz CT molecular complexity index is 523. The molecule has 0 bridgehead atoms. The molecule has 0 radical (unpaired) electrons. The fourth-order valence-electron chi connectivity index (χ4n) is 2.68. The summed E-state index contributed by atoms with van der Waals surface area (Å²) in [5.41, 5.74) is 4.06. The van der Waals surface area contributed by atoms with Crippen LogP contribution in [0.2, 0.25) is 0 Å². The van der Waals surface area contributed by atoms with Gasteiger partial charge in [-0.3, -0.25) is 0 Å². The van der Waals surface area contributed by atoms with Gasteiger partial charge in [0.1, 0.15) is 5.82 Å². The van der Waals surface area contributed by atoms with Gasteiger partial charge in [-0.1, -0.05) is 31.2 Å². The highest BCUT2D eigenvalue weighted by molar-refractivity contribution is 5.35. The number of fused-ring (bicyclic) bond motifs is 1. The van der Waals surface area contributed by atoms with Crippen molar-refractivity contribution in [1.82, 2.24) is 15.3 Å². The standard InChI is InChI=1S/C16H19N3/c1-2-17-9-12-10-18-16(19-11-12)15-7-13-5-3-4-6-14(13)8-15/h3-6,10-11,15,17H,2,7-9H2,1H3. The first kappa shape index (κ1) is 12.3. The predicted octanol–water partition coefficient (Wildman–Crippen LogP) is 2.47. The molecule has 0 aliphatic heterocycles. The van der Waals surface area contributed by atoms with E-state index in [2.05, 4.69) is 46.5 Å². The molecule has 19 heavy (non-hydrogen) atoms. The average Bonchev–Trinajstić information content (AvgIpc) is 2.89. The minimum Gasteiger partial charge on any atom is -0.313 e. The van der Waals surface area contributed by atoms with Crippen molar-refractivity contribution in [3.05, 3.63) is 59.2 Å². The lowest BCUT2D eigenvalue weighted by Gasteiger charge is -2.08. The van der Waals surface area contributed by atoms with Gasteiger partial charge in [0.25, 0.3) is 0 Å². The van der Waals surface area contributed by atoms with Crippen molar-refractivity contribution in [3.8, 4) is 0 Å². The van der Waals surface area contributed by atoms with E-state index in [0.717, 1.165) is 37.3 Å². The van der Waals surface area contributed by atoms with Crippen molar-refractivity contribution in [1.29, 1.82) is 0 Å². The second kappa shape index (κ2) is 5.49. The minimum atomic E-state index is 0.450. The summed E-state index contributed by atoms with van der Waals surface area (Å²) in [7, 11) is 0. The van der Waals surface area contributed by atoms with Gasteiger partial charge < -0.3 is 5.32 Å². The average molecular weight is 253 g/mol. The first-order valence-corrected chi connectivity index (χ1v) is 6.95. The number of rotatable bonds is 4. The van der Waals surface area contributed by atoms with Crippen LogP contribution in [0.1, 0.15) is 35.4 Å². The van der Waals surface area contributed by atoms with Crippen LogP contribution in [0.4, 0.5) is 0 Å². The first-order valence-electron chi connectivity index (χ1n) is 6.95. The molecule has 1 N–H and O–H groups in total. The van der Waals surface area contributed by atoms with Crippen LogP contribution in [0.5, 0.6) is 0 Å². The molecule has 1 heterocycles. The molecular weight excluding hydrogens is 234 g/mol. The van der Waals surface area contributed by atoms with Crippen molar-refractivity contribution in [2.24, 2.45) is 0 Å². The number of benzene rings is 1. The Morgan fingerprint density at radius 1 is 1.11 bits per heavy atom. The maximum absolute atomic E-state index is 4.55. The first-order chi connectivity index (χ1) is 9.36. The number of aromatic nitrogens is 2. The van der Waals surface area contributed by atoms with Crippen LogP contribution in [0, 0.1) is 0 Å². The maximum atomic E-state index is 4.55. The molecule has 0 unspecified atom stereocenters. The van der Waals surface area contributed by atoms with Crippen molar-refractivity contribution < 1.29 is 0 Å². The Balaban J connectivity index is 1.71. The minimum absolute atomic E-state index is 0.450. The van der Waals surface area contributed by atoms with E-state index in [-0.39, 0.29) is 0 Å². The molecule has 1 aromatic carbocycles. The zero-order valence-corrected chi connectivity index (χ0v) is 11.3. The molecular formula is C16H19N3. The Morgan fingerprint density at radius 2 is 1.74 bits per heavy atom.